The lowest BCUT2D eigenvalue weighted by atomic mass is 9.95. The van der Waals surface area contributed by atoms with Crippen molar-refractivity contribution in [1.29, 1.82) is 0 Å². The van der Waals surface area contributed by atoms with Gasteiger partial charge in [-0.15, -0.1) is 0 Å². The number of nitrogens with two attached hydrogens (primary N) is 1. The monoisotopic (exact) mass is 225 g/mol. The molecule has 3 nitrogen and oxygen atoms in total. The molecular formula is C11H19N3S. The van der Waals surface area contributed by atoms with Crippen LogP contribution in [0, 0.1) is 0 Å². The van der Waals surface area contributed by atoms with E-state index >= 15 is 0 Å². The third-order valence-electron chi connectivity index (χ3n) is 3.09. The van der Waals surface area contributed by atoms with Gasteiger partial charge in [0.05, 0.1) is 6.20 Å². The molecule has 2 N–H and O–H groups in total. The number of hydrogen-bond donors (Lipinski definition) is 1. The Hall–Kier alpha value is -0.480. The van der Waals surface area contributed by atoms with Crippen molar-refractivity contribution in [3.63, 3.8) is 0 Å². The number of rotatable bonds is 3. The highest BCUT2D eigenvalue weighted by Gasteiger charge is 2.22. The third-order valence-corrected chi connectivity index (χ3v) is 4.14. The summed E-state index contributed by atoms with van der Waals surface area (Å²) in [5.41, 5.74) is 8.41. The molecule has 0 saturated carbocycles. The van der Waals surface area contributed by atoms with Crippen LogP contribution in [0.15, 0.2) is 6.20 Å². The van der Waals surface area contributed by atoms with Gasteiger partial charge in [0, 0.05) is 30.3 Å². The van der Waals surface area contributed by atoms with Gasteiger partial charge in [-0.1, -0.05) is 0 Å². The smallest absolute Gasteiger partial charge is 0.0537 e. The van der Waals surface area contributed by atoms with E-state index in [0.717, 1.165) is 6.54 Å². The van der Waals surface area contributed by atoms with Crippen LogP contribution in [0.3, 0.4) is 0 Å². The van der Waals surface area contributed by atoms with Gasteiger partial charge >= 0.3 is 0 Å². The first-order chi connectivity index (χ1) is 7.36. The minimum Gasteiger partial charge on any atom is -0.326 e. The van der Waals surface area contributed by atoms with E-state index < -0.39 is 0 Å². The van der Waals surface area contributed by atoms with Crippen molar-refractivity contribution in [3.05, 3.63) is 17.5 Å². The van der Waals surface area contributed by atoms with E-state index in [1.807, 2.05) is 6.20 Å². The summed E-state index contributed by atoms with van der Waals surface area (Å²) in [6.45, 7) is 3.73. The lowest BCUT2D eigenvalue weighted by molar-refractivity contribution is 0.534. The van der Waals surface area contributed by atoms with Crippen LogP contribution < -0.4 is 5.73 Å². The van der Waals surface area contributed by atoms with Crippen molar-refractivity contribution in [2.75, 3.05) is 11.5 Å². The molecule has 0 spiro atoms. The van der Waals surface area contributed by atoms with Crippen LogP contribution in [0.5, 0.6) is 0 Å². The van der Waals surface area contributed by atoms with Crippen LogP contribution in [0.25, 0.3) is 0 Å². The molecule has 84 valence electrons. The molecule has 1 aromatic heterocycles. The zero-order valence-corrected chi connectivity index (χ0v) is 10.1. The molecule has 0 atom stereocenters. The summed E-state index contributed by atoms with van der Waals surface area (Å²) in [5, 5.41) is 4.41. The van der Waals surface area contributed by atoms with Crippen LogP contribution in [-0.4, -0.2) is 21.3 Å². The SMILES string of the molecule is CCn1ncc(CN)c1C1CCSCC1. The Balaban J connectivity index is 2.26. The number of aryl methyl sites for hydroxylation is 1. The molecular weight excluding hydrogens is 206 g/mol. The molecule has 0 aromatic carbocycles. The lowest BCUT2D eigenvalue weighted by Crippen LogP contribution is -2.16. The second-order valence-corrected chi connectivity index (χ2v) is 5.19. The Morgan fingerprint density at radius 1 is 1.53 bits per heavy atom. The van der Waals surface area contributed by atoms with Crippen molar-refractivity contribution in [2.45, 2.75) is 38.8 Å². The summed E-state index contributed by atoms with van der Waals surface area (Å²) in [6.07, 6.45) is 4.51. The average Bonchev–Trinajstić information content (AvgIpc) is 2.72. The van der Waals surface area contributed by atoms with Gasteiger partial charge in [-0.3, -0.25) is 4.68 Å². The highest BCUT2D eigenvalue weighted by molar-refractivity contribution is 7.99. The van der Waals surface area contributed by atoms with Crippen LogP contribution in [-0.2, 0) is 13.1 Å². The van der Waals surface area contributed by atoms with E-state index in [-0.39, 0.29) is 0 Å². The molecule has 0 radical (unpaired) electrons. The number of aromatic nitrogens is 2. The normalized spacial score (nSPS) is 18.3. The van der Waals surface area contributed by atoms with Crippen LogP contribution in [0.2, 0.25) is 0 Å². The average molecular weight is 225 g/mol. The second kappa shape index (κ2) is 5.03. The zero-order valence-electron chi connectivity index (χ0n) is 9.28. The predicted octanol–water partition coefficient (Wildman–Crippen LogP) is 1.97. The van der Waals surface area contributed by atoms with Gasteiger partial charge in [0.1, 0.15) is 0 Å². The fraction of sp³-hybridized carbons (Fsp3) is 0.727. The number of thioether (sulfide) groups is 1. The van der Waals surface area contributed by atoms with Crippen LogP contribution in [0.4, 0.5) is 0 Å². The summed E-state index contributed by atoms with van der Waals surface area (Å²) in [5.74, 6) is 3.25. The van der Waals surface area contributed by atoms with Crippen molar-refractivity contribution in [2.24, 2.45) is 5.73 Å². The van der Waals surface area contributed by atoms with Gasteiger partial charge in [0.2, 0.25) is 0 Å². The van der Waals surface area contributed by atoms with Crippen LogP contribution in [0.1, 0.15) is 36.9 Å². The fourth-order valence-electron chi connectivity index (χ4n) is 2.29. The first-order valence-corrected chi connectivity index (χ1v) is 6.84. The largest absolute Gasteiger partial charge is 0.326 e. The van der Waals surface area contributed by atoms with E-state index in [2.05, 4.69) is 28.5 Å². The van der Waals surface area contributed by atoms with Gasteiger partial charge in [-0.2, -0.15) is 16.9 Å². The molecule has 4 heteroatoms. The van der Waals surface area contributed by atoms with Crippen LogP contribution >= 0.6 is 11.8 Å². The Morgan fingerprint density at radius 3 is 2.87 bits per heavy atom. The van der Waals surface area contributed by atoms with Gasteiger partial charge in [-0.05, 0) is 31.3 Å². The molecule has 1 saturated heterocycles. The number of nitrogens with zero attached hydrogens (tertiary/aromatic N) is 2. The maximum absolute atomic E-state index is 5.77. The van der Waals surface area contributed by atoms with E-state index in [4.69, 9.17) is 5.73 Å². The van der Waals surface area contributed by atoms with Gasteiger partial charge in [-0.25, -0.2) is 0 Å². The van der Waals surface area contributed by atoms with E-state index in [9.17, 15) is 0 Å². The summed E-state index contributed by atoms with van der Waals surface area (Å²) in [4.78, 5) is 0. The summed E-state index contributed by atoms with van der Waals surface area (Å²) >= 11 is 2.06. The van der Waals surface area contributed by atoms with Gasteiger partial charge in [0.15, 0.2) is 0 Å². The maximum atomic E-state index is 5.77. The molecule has 0 amide bonds. The predicted molar refractivity (Wildman–Crippen MR) is 65.1 cm³/mol. The van der Waals surface area contributed by atoms with Crippen molar-refractivity contribution in [1.82, 2.24) is 9.78 Å². The van der Waals surface area contributed by atoms with E-state index in [1.165, 1.54) is 35.6 Å². The Morgan fingerprint density at radius 2 is 2.27 bits per heavy atom. The molecule has 1 aliphatic heterocycles. The summed E-state index contributed by atoms with van der Waals surface area (Å²) in [7, 11) is 0. The van der Waals surface area contributed by atoms with Gasteiger partial charge < -0.3 is 5.73 Å². The highest BCUT2D eigenvalue weighted by Crippen LogP contribution is 2.33. The molecule has 0 bridgehead atoms. The summed E-state index contributed by atoms with van der Waals surface area (Å²) in [6, 6.07) is 0. The lowest BCUT2D eigenvalue weighted by Gasteiger charge is -2.23. The molecule has 15 heavy (non-hydrogen) atoms. The van der Waals surface area contributed by atoms with Gasteiger partial charge in [0.25, 0.3) is 0 Å². The van der Waals surface area contributed by atoms with E-state index in [0.29, 0.717) is 12.5 Å². The first kappa shape index (κ1) is 11.0. The Labute approximate surface area is 95.4 Å². The van der Waals surface area contributed by atoms with Crippen molar-refractivity contribution in [3.8, 4) is 0 Å². The minimum absolute atomic E-state index is 0.624. The molecule has 2 rings (SSSR count). The second-order valence-electron chi connectivity index (χ2n) is 3.96. The minimum atomic E-state index is 0.624. The fourth-order valence-corrected chi connectivity index (χ4v) is 3.39. The Bertz CT molecular complexity index is 294. The Kier molecular flexibility index (Phi) is 3.70. The summed E-state index contributed by atoms with van der Waals surface area (Å²) < 4.78 is 2.13. The van der Waals surface area contributed by atoms with Crippen molar-refractivity contribution < 1.29 is 0 Å². The van der Waals surface area contributed by atoms with E-state index in [1.54, 1.807) is 0 Å². The molecule has 0 unspecified atom stereocenters. The molecule has 2 heterocycles. The molecule has 1 aromatic rings. The van der Waals surface area contributed by atoms with Crippen molar-refractivity contribution >= 4 is 11.8 Å². The molecule has 1 fully saturated rings. The molecule has 0 aliphatic carbocycles. The quantitative estimate of drug-likeness (QED) is 0.855. The first-order valence-electron chi connectivity index (χ1n) is 5.69. The third kappa shape index (κ3) is 2.21. The highest BCUT2D eigenvalue weighted by atomic mass is 32.2. The molecule has 1 aliphatic rings. The number of hydrogen-bond acceptors (Lipinski definition) is 3. The maximum Gasteiger partial charge on any atom is 0.0537 e. The topological polar surface area (TPSA) is 43.8 Å². The zero-order chi connectivity index (χ0) is 10.7. The standard InChI is InChI=1S/C11H19N3S/c1-2-14-11(10(7-12)8-13-14)9-3-5-15-6-4-9/h8-9H,2-7,12H2,1H3.